The Hall–Kier alpha value is -1.10. The van der Waals surface area contributed by atoms with Gasteiger partial charge in [0, 0.05) is 13.5 Å². The third-order valence-electron chi connectivity index (χ3n) is 1.15. The van der Waals surface area contributed by atoms with Crippen LogP contribution in [0.2, 0.25) is 0 Å². The Morgan fingerprint density at radius 2 is 1.92 bits per heavy atom. The van der Waals surface area contributed by atoms with Gasteiger partial charge >= 0.3 is 5.97 Å². The second-order valence-corrected chi connectivity index (χ2v) is 2.22. The summed E-state index contributed by atoms with van der Waals surface area (Å²) in [5, 5.41) is 10.8. The second kappa shape index (κ2) is 8.99. The van der Waals surface area contributed by atoms with Crippen molar-refractivity contribution < 1.29 is 14.7 Å². The quantitative estimate of drug-likeness (QED) is 0.579. The van der Waals surface area contributed by atoms with Crippen molar-refractivity contribution in [1.29, 1.82) is 0 Å². The molecule has 78 valence electrons. The Morgan fingerprint density at radius 3 is 2.23 bits per heavy atom. The van der Waals surface area contributed by atoms with E-state index in [1.54, 1.807) is 0 Å². The molecule has 0 bridgehead atoms. The molecule has 0 spiro atoms. The molecule has 5 heteroatoms. The average molecular weight is 190 g/mol. The summed E-state index contributed by atoms with van der Waals surface area (Å²) >= 11 is 0. The molecule has 4 N–H and O–H groups in total. The molecule has 1 atom stereocenters. The SMILES string of the molecule is CC.CC(=O)NCCC(N)C(=O)O. The highest BCUT2D eigenvalue weighted by Crippen LogP contribution is 1.85. The Bertz CT molecular complexity index is 159. The predicted octanol–water partition coefficient (Wildman–Crippen LogP) is -0.0493. The van der Waals surface area contributed by atoms with Gasteiger partial charge in [0.05, 0.1) is 0 Å². The van der Waals surface area contributed by atoms with E-state index in [0.29, 0.717) is 6.54 Å². The standard InChI is InChI=1S/C6H12N2O3.C2H6/c1-4(9)8-3-2-5(7)6(10)11;1-2/h5H,2-3,7H2,1H3,(H,8,9)(H,10,11);1-2H3. The lowest BCUT2D eigenvalue weighted by molar-refractivity contribution is -0.138. The minimum Gasteiger partial charge on any atom is -0.480 e. The van der Waals surface area contributed by atoms with Gasteiger partial charge in [0.25, 0.3) is 0 Å². The molecule has 0 fully saturated rings. The number of carbonyl (C=O) groups excluding carboxylic acids is 1. The fourth-order valence-electron chi connectivity index (χ4n) is 0.527. The van der Waals surface area contributed by atoms with Crippen LogP contribution >= 0.6 is 0 Å². The molecule has 0 aliphatic carbocycles. The maximum Gasteiger partial charge on any atom is 0.320 e. The number of hydrogen-bond donors (Lipinski definition) is 3. The van der Waals surface area contributed by atoms with E-state index < -0.39 is 12.0 Å². The van der Waals surface area contributed by atoms with Gasteiger partial charge in [-0.15, -0.1) is 0 Å². The summed E-state index contributed by atoms with van der Waals surface area (Å²) in [5.74, 6) is -1.22. The third-order valence-corrected chi connectivity index (χ3v) is 1.15. The molecule has 1 amide bonds. The van der Waals surface area contributed by atoms with Crippen molar-refractivity contribution in [2.45, 2.75) is 33.2 Å². The highest BCUT2D eigenvalue weighted by atomic mass is 16.4. The zero-order valence-corrected chi connectivity index (χ0v) is 8.33. The molecule has 0 heterocycles. The molecule has 0 aromatic carbocycles. The van der Waals surface area contributed by atoms with Crippen molar-refractivity contribution in [3.8, 4) is 0 Å². The summed E-state index contributed by atoms with van der Waals surface area (Å²) in [6, 6.07) is -0.887. The Balaban J connectivity index is 0. The van der Waals surface area contributed by atoms with E-state index in [0.717, 1.165) is 0 Å². The molecule has 1 unspecified atom stereocenters. The molecule has 0 aliphatic rings. The van der Waals surface area contributed by atoms with Crippen LogP contribution in [0.25, 0.3) is 0 Å². The van der Waals surface area contributed by atoms with Crippen LogP contribution in [0.15, 0.2) is 0 Å². The van der Waals surface area contributed by atoms with E-state index in [4.69, 9.17) is 10.8 Å². The lowest BCUT2D eigenvalue weighted by Gasteiger charge is -2.05. The smallest absolute Gasteiger partial charge is 0.320 e. The van der Waals surface area contributed by atoms with Gasteiger partial charge in [0.2, 0.25) is 5.91 Å². The van der Waals surface area contributed by atoms with E-state index in [-0.39, 0.29) is 12.3 Å². The van der Waals surface area contributed by atoms with Crippen molar-refractivity contribution in [2.75, 3.05) is 6.54 Å². The van der Waals surface area contributed by atoms with Crippen LogP contribution in [0.5, 0.6) is 0 Å². The number of hydrogen-bond acceptors (Lipinski definition) is 3. The molecule has 0 rings (SSSR count). The fraction of sp³-hybridized carbons (Fsp3) is 0.750. The van der Waals surface area contributed by atoms with E-state index >= 15 is 0 Å². The molecule has 0 saturated heterocycles. The van der Waals surface area contributed by atoms with Gasteiger partial charge in [0.15, 0.2) is 0 Å². The monoisotopic (exact) mass is 190 g/mol. The van der Waals surface area contributed by atoms with Gasteiger partial charge < -0.3 is 16.2 Å². The summed E-state index contributed by atoms with van der Waals surface area (Å²) in [6.07, 6.45) is 0.259. The van der Waals surface area contributed by atoms with Crippen molar-refractivity contribution in [2.24, 2.45) is 5.73 Å². The lowest BCUT2D eigenvalue weighted by Crippen LogP contribution is -2.34. The summed E-state index contributed by atoms with van der Waals surface area (Å²) in [6.45, 7) is 5.68. The van der Waals surface area contributed by atoms with Gasteiger partial charge in [-0.05, 0) is 6.42 Å². The van der Waals surface area contributed by atoms with Gasteiger partial charge in [-0.2, -0.15) is 0 Å². The van der Waals surface area contributed by atoms with Gasteiger partial charge in [0.1, 0.15) is 6.04 Å². The van der Waals surface area contributed by atoms with Gasteiger partial charge in [-0.1, -0.05) is 13.8 Å². The molecular weight excluding hydrogens is 172 g/mol. The minimum atomic E-state index is -1.05. The molecule has 0 radical (unpaired) electrons. The maximum atomic E-state index is 10.3. The van der Waals surface area contributed by atoms with Crippen molar-refractivity contribution in [1.82, 2.24) is 5.32 Å². The van der Waals surface area contributed by atoms with E-state index in [1.165, 1.54) is 6.92 Å². The van der Waals surface area contributed by atoms with Crippen LogP contribution in [0.4, 0.5) is 0 Å². The number of nitrogens with one attached hydrogen (secondary N) is 1. The van der Waals surface area contributed by atoms with Crippen LogP contribution in [-0.4, -0.2) is 29.6 Å². The van der Waals surface area contributed by atoms with E-state index in [9.17, 15) is 9.59 Å². The first-order valence-corrected chi connectivity index (χ1v) is 4.27. The third kappa shape index (κ3) is 10.9. The number of carboxylic acids is 1. The molecular formula is C8H18N2O3. The first-order valence-electron chi connectivity index (χ1n) is 4.27. The maximum absolute atomic E-state index is 10.3. The number of nitrogens with two attached hydrogens (primary N) is 1. The number of carboxylic acid groups (broad SMARTS) is 1. The molecule has 5 nitrogen and oxygen atoms in total. The molecule has 0 aromatic rings. The Kier molecular flexibility index (Phi) is 9.98. The highest BCUT2D eigenvalue weighted by molar-refractivity contribution is 5.74. The highest BCUT2D eigenvalue weighted by Gasteiger charge is 2.09. The largest absolute Gasteiger partial charge is 0.480 e. The molecule has 0 aliphatic heterocycles. The summed E-state index contributed by atoms with van der Waals surface area (Å²) in [7, 11) is 0. The average Bonchev–Trinajstić information content (AvgIpc) is 2.07. The van der Waals surface area contributed by atoms with Gasteiger partial charge in [-0.3, -0.25) is 9.59 Å². The van der Waals surface area contributed by atoms with Gasteiger partial charge in [-0.25, -0.2) is 0 Å². The normalized spacial score (nSPS) is 10.8. The Labute approximate surface area is 78.3 Å². The van der Waals surface area contributed by atoms with Crippen molar-refractivity contribution >= 4 is 11.9 Å². The fourth-order valence-corrected chi connectivity index (χ4v) is 0.527. The first-order chi connectivity index (χ1) is 6.04. The van der Waals surface area contributed by atoms with Crippen molar-refractivity contribution in [3.63, 3.8) is 0 Å². The number of carbonyl (C=O) groups is 2. The zero-order valence-electron chi connectivity index (χ0n) is 8.33. The molecule has 0 saturated carbocycles. The summed E-state index contributed by atoms with van der Waals surface area (Å²) in [5.41, 5.74) is 5.15. The number of aliphatic carboxylic acids is 1. The zero-order chi connectivity index (χ0) is 10.9. The topological polar surface area (TPSA) is 92.4 Å². The van der Waals surface area contributed by atoms with Crippen LogP contribution in [0, 0.1) is 0 Å². The second-order valence-electron chi connectivity index (χ2n) is 2.22. The number of amides is 1. The number of rotatable bonds is 4. The minimum absolute atomic E-state index is 0.178. The summed E-state index contributed by atoms with van der Waals surface area (Å²) < 4.78 is 0. The first kappa shape index (κ1) is 14.4. The van der Waals surface area contributed by atoms with Crippen LogP contribution < -0.4 is 11.1 Å². The Morgan fingerprint density at radius 1 is 1.46 bits per heavy atom. The van der Waals surface area contributed by atoms with E-state index in [1.807, 2.05) is 13.8 Å². The summed E-state index contributed by atoms with van der Waals surface area (Å²) in [4.78, 5) is 20.4. The van der Waals surface area contributed by atoms with Crippen LogP contribution in [0.3, 0.4) is 0 Å². The van der Waals surface area contributed by atoms with Crippen LogP contribution in [0.1, 0.15) is 27.2 Å². The predicted molar refractivity (Wildman–Crippen MR) is 50.3 cm³/mol. The van der Waals surface area contributed by atoms with Crippen molar-refractivity contribution in [3.05, 3.63) is 0 Å². The van der Waals surface area contributed by atoms with E-state index in [2.05, 4.69) is 5.32 Å². The molecule has 13 heavy (non-hydrogen) atoms. The van der Waals surface area contributed by atoms with Crippen LogP contribution in [-0.2, 0) is 9.59 Å². The molecule has 0 aromatic heterocycles. The lowest BCUT2D eigenvalue weighted by atomic mass is 10.2.